The van der Waals surface area contributed by atoms with Gasteiger partial charge in [0.1, 0.15) is 12.1 Å². The zero-order chi connectivity index (χ0) is 10.3. The van der Waals surface area contributed by atoms with E-state index in [0.29, 0.717) is 0 Å². The summed E-state index contributed by atoms with van der Waals surface area (Å²) in [6, 6.07) is 1.83. The Labute approximate surface area is 85.0 Å². The van der Waals surface area contributed by atoms with Crippen LogP contribution in [0.1, 0.15) is 0 Å². The Hall–Kier alpha value is -2.24. The largest absolute Gasteiger partial charge is 0.372 e. The molecule has 0 radical (unpaired) electrons. The van der Waals surface area contributed by atoms with Crippen LogP contribution in [0, 0.1) is 0 Å². The molecule has 0 aromatic carbocycles. The highest BCUT2D eigenvalue weighted by Gasteiger charge is 2.06. The van der Waals surface area contributed by atoms with Crippen molar-refractivity contribution in [3.63, 3.8) is 0 Å². The molecule has 0 saturated heterocycles. The first-order valence-corrected chi connectivity index (χ1v) is 4.51. The lowest BCUT2D eigenvalue weighted by Gasteiger charge is -2.03. The Balaban J connectivity index is 2.53. The van der Waals surface area contributed by atoms with Gasteiger partial charge in [-0.25, -0.2) is 15.0 Å². The number of aromatic nitrogens is 5. The molecule has 0 aliphatic heterocycles. The molecule has 3 aromatic heterocycles. The van der Waals surface area contributed by atoms with Gasteiger partial charge in [0, 0.05) is 19.3 Å². The zero-order valence-corrected chi connectivity index (χ0v) is 8.05. The van der Waals surface area contributed by atoms with Gasteiger partial charge in [0.15, 0.2) is 11.3 Å². The molecule has 6 nitrogen and oxygen atoms in total. The lowest BCUT2D eigenvalue weighted by atomic mass is 10.4. The monoisotopic (exact) mass is 200 g/mol. The molecular formula is C9H8N6. The molecule has 3 aromatic rings. The number of rotatable bonds is 1. The van der Waals surface area contributed by atoms with Crippen molar-refractivity contribution in [2.75, 3.05) is 12.4 Å². The SMILES string of the molecule is CNc1ncnc2c1cnc1ccnn12. The molecule has 74 valence electrons. The number of hydrogen-bond acceptors (Lipinski definition) is 5. The third kappa shape index (κ3) is 1.04. The molecule has 1 N–H and O–H groups in total. The van der Waals surface area contributed by atoms with Crippen LogP contribution in [0.4, 0.5) is 5.82 Å². The molecule has 0 saturated carbocycles. The van der Waals surface area contributed by atoms with Crippen LogP contribution in [0.5, 0.6) is 0 Å². The second kappa shape index (κ2) is 2.88. The summed E-state index contributed by atoms with van der Waals surface area (Å²) in [4.78, 5) is 12.6. The maximum Gasteiger partial charge on any atom is 0.170 e. The van der Waals surface area contributed by atoms with Gasteiger partial charge < -0.3 is 5.32 Å². The summed E-state index contributed by atoms with van der Waals surface area (Å²) in [5.74, 6) is 0.755. The van der Waals surface area contributed by atoms with Crippen LogP contribution in [0.2, 0.25) is 0 Å². The molecule has 3 heterocycles. The third-order valence-corrected chi connectivity index (χ3v) is 2.25. The quantitative estimate of drug-likeness (QED) is 0.626. The Morgan fingerprint density at radius 1 is 1.27 bits per heavy atom. The molecule has 0 aliphatic rings. The first-order chi connectivity index (χ1) is 7.40. The van der Waals surface area contributed by atoms with Crippen molar-refractivity contribution in [2.45, 2.75) is 0 Å². The average Bonchev–Trinajstić information content (AvgIpc) is 2.76. The summed E-state index contributed by atoms with van der Waals surface area (Å²) in [5.41, 5.74) is 1.53. The van der Waals surface area contributed by atoms with E-state index in [-0.39, 0.29) is 0 Å². The standard InChI is InChI=1S/C9H8N6/c1-10-8-6-4-11-7-2-3-14-15(7)9(6)13-5-12-8/h2-5H,1H3,(H,10,12,13). The summed E-state index contributed by atoms with van der Waals surface area (Å²) in [6.07, 6.45) is 4.95. The Bertz CT molecular complexity index is 629. The minimum Gasteiger partial charge on any atom is -0.372 e. The first kappa shape index (κ1) is 8.10. The molecule has 15 heavy (non-hydrogen) atoms. The molecule has 0 atom stereocenters. The van der Waals surface area contributed by atoms with E-state index in [2.05, 4.69) is 25.4 Å². The van der Waals surface area contributed by atoms with Gasteiger partial charge in [-0.1, -0.05) is 0 Å². The van der Waals surface area contributed by atoms with Gasteiger partial charge in [0.05, 0.1) is 11.6 Å². The number of nitrogens with one attached hydrogen (secondary N) is 1. The van der Waals surface area contributed by atoms with E-state index >= 15 is 0 Å². The van der Waals surface area contributed by atoms with E-state index in [4.69, 9.17) is 0 Å². The molecule has 0 spiro atoms. The Morgan fingerprint density at radius 3 is 3.07 bits per heavy atom. The molecule has 3 rings (SSSR count). The normalized spacial score (nSPS) is 11.0. The van der Waals surface area contributed by atoms with Crippen molar-refractivity contribution < 1.29 is 0 Å². The fraction of sp³-hybridized carbons (Fsp3) is 0.111. The maximum atomic E-state index is 4.26. The van der Waals surface area contributed by atoms with Gasteiger partial charge >= 0.3 is 0 Å². The molecule has 6 heteroatoms. The molecule has 0 fully saturated rings. The average molecular weight is 200 g/mol. The number of fused-ring (bicyclic) bond motifs is 3. The number of nitrogens with zero attached hydrogens (tertiary/aromatic N) is 5. The van der Waals surface area contributed by atoms with E-state index in [1.165, 1.54) is 6.33 Å². The van der Waals surface area contributed by atoms with Gasteiger partial charge in [-0.3, -0.25) is 0 Å². The van der Waals surface area contributed by atoms with Gasteiger partial charge in [-0.05, 0) is 0 Å². The van der Waals surface area contributed by atoms with E-state index in [1.54, 1.807) is 16.9 Å². The summed E-state index contributed by atoms with van der Waals surface area (Å²) >= 11 is 0. The second-order valence-corrected chi connectivity index (χ2v) is 3.07. The van der Waals surface area contributed by atoms with Gasteiger partial charge in [0.2, 0.25) is 0 Å². The summed E-state index contributed by atoms with van der Waals surface area (Å²) in [7, 11) is 1.81. The van der Waals surface area contributed by atoms with E-state index in [1.807, 2.05) is 13.1 Å². The fourth-order valence-corrected chi connectivity index (χ4v) is 1.56. The van der Waals surface area contributed by atoms with Crippen LogP contribution in [0.15, 0.2) is 24.8 Å². The van der Waals surface area contributed by atoms with Gasteiger partial charge in [0.25, 0.3) is 0 Å². The van der Waals surface area contributed by atoms with Crippen molar-refractivity contribution in [3.05, 3.63) is 24.8 Å². The van der Waals surface area contributed by atoms with Gasteiger partial charge in [-0.2, -0.15) is 9.61 Å². The molecule has 0 bridgehead atoms. The van der Waals surface area contributed by atoms with Crippen molar-refractivity contribution >= 4 is 22.5 Å². The van der Waals surface area contributed by atoms with Crippen LogP contribution in [0.3, 0.4) is 0 Å². The fourth-order valence-electron chi connectivity index (χ4n) is 1.56. The second-order valence-electron chi connectivity index (χ2n) is 3.07. The first-order valence-electron chi connectivity index (χ1n) is 4.51. The van der Waals surface area contributed by atoms with Crippen molar-refractivity contribution in [1.82, 2.24) is 24.6 Å². The highest BCUT2D eigenvalue weighted by atomic mass is 15.3. The molecular weight excluding hydrogens is 192 g/mol. The molecule has 0 unspecified atom stereocenters. The van der Waals surface area contributed by atoms with Crippen molar-refractivity contribution in [3.8, 4) is 0 Å². The third-order valence-electron chi connectivity index (χ3n) is 2.25. The van der Waals surface area contributed by atoms with Crippen molar-refractivity contribution in [1.29, 1.82) is 0 Å². The minimum absolute atomic E-state index is 0.754. The lowest BCUT2D eigenvalue weighted by molar-refractivity contribution is 0.956. The Morgan fingerprint density at radius 2 is 2.20 bits per heavy atom. The molecule has 0 amide bonds. The number of anilines is 1. The van der Waals surface area contributed by atoms with Gasteiger partial charge in [-0.15, -0.1) is 0 Å². The van der Waals surface area contributed by atoms with Crippen LogP contribution >= 0.6 is 0 Å². The zero-order valence-electron chi connectivity index (χ0n) is 8.05. The summed E-state index contributed by atoms with van der Waals surface area (Å²) < 4.78 is 1.69. The predicted molar refractivity (Wildman–Crippen MR) is 55.6 cm³/mol. The predicted octanol–water partition coefficient (Wildman–Crippen LogP) is 0.714. The van der Waals surface area contributed by atoms with Crippen LogP contribution in [-0.2, 0) is 0 Å². The van der Waals surface area contributed by atoms with Crippen LogP contribution in [0.25, 0.3) is 16.7 Å². The molecule has 0 aliphatic carbocycles. The minimum atomic E-state index is 0.754. The van der Waals surface area contributed by atoms with Crippen LogP contribution < -0.4 is 5.32 Å². The summed E-state index contributed by atoms with van der Waals surface area (Å²) in [6.45, 7) is 0. The highest BCUT2D eigenvalue weighted by Crippen LogP contribution is 2.17. The highest BCUT2D eigenvalue weighted by molar-refractivity contribution is 5.86. The topological polar surface area (TPSA) is 68.0 Å². The van der Waals surface area contributed by atoms with E-state index in [9.17, 15) is 0 Å². The van der Waals surface area contributed by atoms with Crippen LogP contribution in [-0.4, -0.2) is 31.6 Å². The number of hydrogen-bond donors (Lipinski definition) is 1. The maximum absolute atomic E-state index is 4.26. The smallest absolute Gasteiger partial charge is 0.170 e. The Kier molecular flexibility index (Phi) is 1.55. The van der Waals surface area contributed by atoms with E-state index < -0.39 is 0 Å². The van der Waals surface area contributed by atoms with Crippen molar-refractivity contribution in [2.24, 2.45) is 0 Å². The lowest BCUT2D eigenvalue weighted by Crippen LogP contribution is -2.00. The summed E-state index contributed by atoms with van der Waals surface area (Å²) in [5, 5.41) is 8.01. The van der Waals surface area contributed by atoms with E-state index in [0.717, 1.165) is 22.5 Å².